The molecule has 0 aromatic rings. The second-order valence-corrected chi connectivity index (χ2v) is 4.56. The third-order valence-electron chi connectivity index (χ3n) is 3.56. The van der Waals surface area contributed by atoms with Crippen molar-refractivity contribution in [3.05, 3.63) is 12.2 Å². The normalized spacial score (nSPS) is 40.3. The van der Waals surface area contributed by atoms with E-state index in [1.807, 2.05) is 0 Å². The molecule has 1 N–H and O–H groups in total. The maximum absolute atomic E-state index is 10.4. The summed E-state index contributed by atoms with van der Waals surface area (Å²) < 4.78 is 0. The molecule has 1 aliphatic heterocycles. The molecular formula is C11H19NO. The fourth-order valence-corrected chi connectivity index (χ4v) is 2.50. The summed E-state index contributed by atoms with van der Waals surface area (Å²) in [5, 5.41) is 10.4. The Bertz CT molecular complexity index is 206. The quantitative estimate of drug-likeness (QED) is 0.651. The van der Waals surface area contributed by atoms with Crippen LogP contribution in [0.3, 0.4) is 0 Å². The summed E-state index contributed by atoms with van der Waals surface area (Å²) in [6.07, 6.45) is 7.74. The van der Waals surface area contributed by atoms with Gasteiger partial charge in [0.15, 0.2) is 0 Å². The summed E-state index contributed by atoms with van der Waals surface area (Å²) in [6.45, 7) is 5.09. The van der Waals surface area contributed by atoms with E-state index in [9.17, 15) is 5.11 Å². The Kier molecular flexibility index (Phi) is 2.43. The summed E-state index contributed by atoms with van der Waals surface area (Å²) in [4.78, 5) is 2.32. The first-order chi connectivity index (χ1) is 6.21. The average Bonchev–Trinajstić information content (AvgIpc) is 2.65. The van der Waals surface area contributed by atoms with Crippen molar-refractivity contribution in [1.29, 1.82) is 0 Å². The van der Waals surface area contributed by atoms with Crippen LogP contribution in [0.15, 0.2) is 12.2 Å². The molecule has 0 aromatic carbocycles. The highest BCUT2D eigenvalue weighted by Crippen LogP contribution is 2.36. The van der Waals surface area contributed by atoms with Gasteiger partial charge in [0.05, 0.1) is 5.60 Å². The van der Waals surface area contributed by atoms with Crippen LogP contribution in [0.2, 0.25) is 0 Å². The predicted octanol–water partition coefficient (Wildman–Crippen LogP) is 1.41. The molecule has 1 fully saturated rings. The molecule has 1 aliphatic carbocycles. The maximum Gasteiger partial charge on any atom is 0.0799 e. The average molecular weight is 181 g/mol. The van der Waals surface area contributed by atoms with Crippen molar-refractivity contribution < 1.29 is 5.11 Å². The molecule has 0 saturated heterocycles. The number of β-amino-alcohol motifs (C(OH)–C–C–N with tert-alkyl or cyclic N) is 1. The first kappa shape index (κ1) is 9.22. The van der Waals surface area contributed by atoms with Gasteiger partial charge in [-0.3, -0.25) is 4.90 Å². The lowest BCUT2D eigenvalue weighted by Crippen LogP contribution is -2.44. The van der Waals surface area contributed by atoms with E-state index in [0.29, 0.717) is 5.92 Å². The topological polar surface area (TPSA) is 23.5 Å². The summed E-state index contributed by atoms with van der Waals surface area (Å²) in [7, 11) is 0. The van der Waals surface area contributed by atoms with Crippen LogP contribution in [-0.2, 0) is 0 Å². The molecule has 0 aromatic heterocycles. The van der Waals surface area contributed by atoms with Gasteiger partial charge >= 0.3 is 0 Å². The minimum Gasteiger partial charge on any atom is -0.388 e. The monoisotopic (exact) mass is 181 g/mol. The van der Waals surface area contributed by atoms with Gasteiger partial charge in [-0.15, -0.1) is 0 Å². The van der Waals surface area contributed by atoms with Crippen LogP contribution in [0.4, 0.5) is 0 Å². The van der Waals surface area contributed by atoms with Gasteiger partial charge in [0, 0.05) is 19.6 Å². The van der Waals surface area contributed by atoms with Crippen molar-refractivity contribution >= 4 is 0 Å². The molecule has 2 unspecified atom stereocenters. The van der Waals surface area contributed by atoms with Crippen molar-refractivity contribution in [3.8, 4) is 0 Å². The number of hydrogen-bond donors (Lipinski definition) is 1. The van der Waals surface area contributed by atoms with Gasteiger partial charge in [-0.2, -0.15) is 0 Å². The first-order valence-electron chi connectivity index (χ1n) is 5.30. The predicted molar refractivity (Wildman–Crippen MR) is 53.5 cm³/mol. The van der Waals surface area contributed by atoms with E-state index in [1.54, 1.807) is 0 Å². The molecule has 13 heavy (non-hydrogen) atoms. The molecule has 2 atom stereocenters. The number of rotatable bonds is 2. The Labute approximate surface area is 80.2 Å². The zero-order valence-electron chi connectivity index (χ0n) is 8.37. The molecule has 2 aliphatic rings. The molecule has 2 heteroatoms. The van der Waals surface area contributed by atoms with E-state index >= 15 is 0 Å². The highest BCUT2D eigenvalue weighted by atomic mass is 16.3. The largest absolute Gasteiger partial charge is 0.388 e. The molecule has 2 rings (SSSR count). The summed E-state index contributed by atoms with van der Waals surface area (Å²) in [5.41, 5.74) is -0.397. The zero-order valence-corrected chi connectivity index (χ0v) is 8.37. The Morgan fingerprint density at radius 3 is 2.69 bits per heavy atom. The van der Waals surface area contributed by atoms with Crippen molar-refractivity contribution in [2.75, 3.05) is 19.6 Å². The number of hydrogen-bond acceptors (Lipinski definition) is 2. The Balaban J connectivity index is 1.91. The van der Waals surface area contributed by atoms with Crippen LogP contribution in [0.1, 0.15) is 26.2 Å². The van der Waals surface area contributed by atoms with E-state index in [1.165, 1.54) is 12.8 Å². The van der Waals surface area contributed by atoms with E-state index in [-0.39, 0.29) is 0 Å². The lowest BCUT2D eigenvalue weighted by atomic mass is 9.92. The molecule has 0 amide bonds. The molecule has 2 nitrogen and oxygen atoms in total. The third-order valence-corrected chi connectivity index (χ3v) is 3.56. The molecule has 0 spiro atoms. The lowest BCUT2D eigenvalue weighted by Gasteiger charge is -2.32. The van der Waals surface area contributed by atoms with E-state index in [2.05, 4.69) is 24.0 Å². The molecule has 1 saturated carbocycles. The summed E-state index contributed by atoms with van der Waals surface area (Å²) in [5.74, 6) is 0.480. The Hall–Kier alpha value is -0.340. The Morgan fingerprint density at radius 2 is 2.15 bits per heavy atom. The van der Waals surface area contributed by atoms with Crippen molar-refractivity contribution in [2.45, 2.75) is 31.8 Å². The maximum atomic E-state index is 10.4. The smallest absolute Gasteiger partial charge is 0.0799 e. The van der Waals surface area contributed by atoms with Crippen molar-refractivity contribution in [2.24, 2.45) is 5.92 Å². The summed E-state index contributed by atoms with van der Waals surface area (Å²) in [6, 6.07) is 0. The molecular weight excluding hydrogens is 162 g/mol. The van der Waals surface area contributed by atoms with Gasteiger partial charge in [-0.05, 0) is 18.8 Å². The second-order valence-electron chi connectivity index (χ2n) is 4.56. The zero-order chi connectivity index (χ0) is 9.31. The van der Waals surface area contributed by atoms with E-state index < -0.39 is 5.60 Å². The first-order valence-corrected chi connectivity index (χ1v) is 5.30. The van der Waals surface area contributed by atoms with Gasteiger partial charge in [0.25, 0.3) is 0 Å². The summed E-state index contributed by atoms with van der Waals surface area (Å²) >= 11 is 0. The highest BCUT2D eigenvalue weighted by Gasteiger charge is 2.39. The van der Waals surface area contributed by atoms with Crippen LogP contribution < -0.4 is 0 Å². The van der Waals surface area contributed by atoms with Crippen LogP contribution in [-0.4, -0.2) is 35.2 Å². The van der Waals surface area contributed by atoms with Crippen LogP contribution in [0.25, 0.3) is 0 Å². The van der Waals surface area contributed by atoms with Gasteiger partial charge in [-0.25, -0.2) is 0 Å². The van der Waals surface area contributed by atoms with E-state index in [4.69, 9.17) is 0 Å². The highest BCUT2D eigenvalue weighted by molar-refractivity contribution is 5.00. The van der Waals surface area contributed by atoms with Gasteiger partial charge < -0.3 is 5.11 Å². The fourth-order valence-electron chi connectivity index (χ4n) is 2.50. The van der Waals surface area contributed by atoms with Gasteiger partial charge in [-0.1, -0.05) is 25.5 Å². The minimum absolute atomic E-state index is 0.397. The van der Waals surface area contributed by atoms with Crippen LogP contribution in [0.5, 0.6) is 0 Å². The molecule has 0 bridgehead atoms. The van der Waals surface area contributed by atoms with E-state index in [0.717, 1.165) is 26.1 Å². The van der Waals surface area contributed by atoms with Crippen LogP contribution in [0, 0.1) is 5.92 Å². The van der Waals surface area contributed by atoms with Crippen molar-refractivity contribution in [1.82, 2.24) is 4.90 Å². The molecule has 1 heterocycles. The number of nitrogens with zero attached hydrogens (tertiary/aromatic N) is 1. The standard InChI is InChI=1S/C11H19NO/c1-10-5-4-6-11(10,13)9-12-7-2-3-8-12/h2-3,10,13H,4-9H2,1H3. The van der Waals surface area contributed by atoms with Gasteiger partial charge in [0.1, 0.15) is 0 Å². The fraction of sp³-hybridized carbons (Fsp3) is 0.818. The minimum atomic E-state index is -0.397. The SMILES string of the molecule is CC1CCCC1(O)CN1CC=CC1. The van der Waals surface area contributed by atoms with Gasteiger partial charge in [0.2, 0.25) is 0 Å². The van der Waals surface area contributed by atoms with Crippen molar-refractivity contribution in [3.63, 3.8) is 0 Å². The second kappa shape index (κ2) is 3.43. The Morgan fingerprint density at radius 1 is 1.46 bits per heavy atom. The molecule has 0 radical (unpaired) electrons. The third kappa shape index (κ3) is 1.79. The lowest BCUT2D eigenvalue weighted by molar-refractivity contribution is -0.0165. The van der Waals surface area contributed by atoms with Crippen LogP contribution >= 0.6 is 0 Å². The number of aliphatic hydroxyl groups is 1. The molecule has 74 valence electrons.